The highest BCUT2D eigenvalue weighted by molar-refractivity contribution is 6.30. The fourth-order valence-corrected chi connectivity index (χ4v) is 3.57. The smallest absolute Gasteiger partial charge is 0.0409 e. The van der Waals surface area contributed by atoms with Crippen LogP contribution in [0.5, 0.6) is 0 Å². The zero-order chi connectivity index (χ0) is 14.8. The van der Waals surface area contributed by atoms with Gasteiger partial charge in [0.1, 0.15) is 0 Å². The van der Waals surface area contributed by atoms with Crippen molar-refractivity contribution >= 4 is 11.6 Å². The molecule has 0 aliphatic heterocycles. The van der Waals surface area contributed by atoms with Crippen LogP contribution in [0.4, 0.5) is 0 Å². The van der Waals surface area contributed by atoms with Crippen LogP contribution in [-0.4, -0.2) is 6.04 Å². The highest BCUT2D eigenvalue weighted by Gasteiger charge is 2.39. The third-order valence-corrected chi connectivity index (χ3v) is 4.77. The molecule has 0 fully saturated rings. The Balaban J connectivity index is 2.08. The van der Waals surface area contributed by atoms with Gasteiger partial charge in [-0.1, -0.05) is 57.7 Å². The van der Waals surface area contributed by atoms with Crippen molar-refractivity contribution in [2.75, 3.05) is 0 Å². The molecule has 20 heavy (non-hydrogen) atoms. The third-order valence-electron chi connectivity index (χ3n) is 4.54. The van der Waals surface area contributed by atoms with Gasteiger partial charge in [-0.15, -0.1) is 0 Å². The Hall–Kier alpha value is -0.530. The van der Waals surface area contributed by atoms with E-state index >= 15 is 0 Å². The van der Waals surface area contributed by atoms with Gasteiger partial charge in [0.2, 0.25) is 0 Å². The first-order valence-corrected chi connectivity index (χ1v) is 8.36. The number of nitrogens with one attached hydrogen (secondary N) is 1. The number of hydrogen-bond donors (Lipinski definition) is 1. The van der Waals surface area contributed by atoms with Crippen LogP contribution in [0, 0.1) is 5.41 Å². The second-order valence-electron chi connectivity index (χ2n) is 7.01. The van der Waals surface area contributed by atoms with Crippen LogP contribution in [0.25, 0.3) is 0 Å². The molecule has 0 saturated carbocycles. The first kappa shape index (κ1) is 15.9. The van der Waals surface area contributed by atoms with Gasteiger partial charge < -0.3 is 5.32 Å². The minimum absolute atomic E-state index is 0.270. The molecule has 0 saturated heterocycles. The molecular weight excluding hydrogens is 266 g/mol. The highest BCUT2D eigenvalue weighted by Crippen LogP contribution is 2.46. The molecule has 0 amide bonds. The summed E-state index contributed by atoms with van der Waals surface area (Å²) < 4.78 is 0. The lowest BCUT2D eigenvalue weighted by Crippen LogP contribution is -2.37. The first-order valence-electron chi connectivity index (χ1n) is 7.98. The van der Waals surface area contributed by atoms with E-state index < -0.39 is 0 Å². The minimum Gasteiger partial charge on any atom is -0.307 e. The van der Waals surface area contributed by atoms with Crippen molar-refractivity contribution in [1.82, 2.24) is 5.32 Å². The number of halogens is 1. The maximum Gasteiger partial charge on any atom is 0.0409 e. The van der Waals surface area contributed by atoms with Crippen molar-refractivity contribution in [1.29, 1.82) is 0 Å². The average Bonchev–Trinajstić information content (AvgIpc) is 2.61. The summed E-state index contributed by atoms with van der Waals surface area (Å²) in [4.78, 5) is 0. The SMILES string of the molecule is CCCCCC(C)NC1c2cc(Cl)ccc2CC1(C)C. The molecule has 2 heteroatoms. The Morgan fingerprint density at radius 2 is 2.10 bits per heavy atom. The molecule has 0 aromatic heterocycles. The molecule has 1 nitrogen and oxygen atoms in total. The molecule has 1 N–H and O–H groups in total. The molecule has 1 aromatic carbocycles. The summed E-state index contributed by atoms with van der Waals surface area (Å²) in [6.45, 7) is 9.29. The zero-order valence-electron chi connectivity index (χ0n) is 13.3. The summed E-state index contributed by atoms with van der Waals surface area (Å²) in [7, 11) is 0. The summed E-state index contributed by atoms with van der Waals surface area (Å²) in [6.07, 6.45) is 6.35. The van der Waals surface area contributed by atoms with Gasteiger partial charge in [-0.2, -0.15) is 0 Å². The Morgan fingerprint density at radius 3 is 2.80 bits per heavy atom. The molecule has 1 aliphatic carbocycles. The van der Waals surface area contributed by atoms with E-state index in [1.807, 2.05) is 6.07 Å². The van der Waals surface area contributed by atoms with Gasteiger partial charge in [0.05, 0.1) is 0 Å². The lowest BCUT2D eigenvalue weighted by Gasteiger charge is -2.31. The van der Waals surface area contributed by atoms with E-state index in [2.05, 4.69) is 45.1 Å². The monoisotopic (exact) mass is 293 g/mol. The van der Waals surface area contributed by atoms with Crippen molar-refractivity contribution in [2.45, 2.75) is 71.9 Å². The molecule has 2 rings (SSSR count). The second-order valence-corrected chi connectivity index (χ2v) is 7.44. The van der Waals surface area contributed by atoms with Crippen molar-refractivity contribution in [3.8, 4) is 0 Å². The number of benzene rings is 1. The molecule has 0 bridgehead atoms. The Labute approximate surface area is 129 Å². The van der Waals surface area contributed by atoms with Gasteiger partial charge >= 0.3 is 0 Å². The van der Waals surface area contributed by atoms with E-state index in [0.29, 0.717) is 12.1 Å². The standard InChI is InChI=1S/C18H28ClN/c1-5-6-7-8-13(2)20-17-16-11-15(19)10-9-14(16)12-18(17,3)4/h9-11,13,17,20H,5-8,12H2,1-4H3. The molecule has 0 heterocycles. The average molecular weight is 294 g/mol. The molecule has 112 valence electrons. The summed E-state index contributed by atoms with van der Waals surface area (Å²) >= 11 is 6.19. The van der Waals surface area contributed by atoms with E-state index in [0.717, 1.165) is 11.4 Å². The van der Waals surface area contributed by atoms with Crippen molar-refractivity contribution in [2.24, 2.45) is 5.41 Å². The Morgan fingerprint density at radius 1 is 1.35 bits per heavy atom. The maximum atomic E-state index is 6.19. The summed E-state index contributed by atoms with van der Waals surface area (Å²) in [5.74, 6) is 0. The molecule has 0 spiro atoms. The number of rotatable bonds is 6. The van der Waals surface area contributed by atoms with E-state index in [1.54, 1.807) is 0 Å². The molecule has 2 atom stereocenters. The maximum absolute atomic E-state index is 6.19. The van der Waals surface area contributed by atoms with Crippen LogP contribution in [0.3, 0.4) is 0 Å². The quantitative estimate of drug-likeness (QED) is 0.681. The summed E-state index contributed by atoms with van der Waals surface area (Å²) in [5, 5.41) is 4.71. The predicted octanol–water partition coefficient (Wildman–Crippen LogP) is 5.52. The van der Waals surface area contributed by atoms with Gasteiger partial charge in [0, 0.05) is 17.1 Å². The Bertz CT molecular complexity index is 453. The van der Waals surface area contributed by atoms with Crippen LogP contribution >= 0.6 is 11.6 Å². The predicted molar refractivity (Wildman–Crippen MR) is 88.4 cm³/mol. The van der Waals surface area contributed by atoms with Crippen molar-refractivity contribution in [3.63, 3.8) is 0 Å². The number of unbranched alkanes of at least 4 members (excludes halogenated alkanes) is 2. The molecule has 0 radical (unpaired) electrons. The van der Waals surface area contributed by atoms with Gasteiger partial charge in [-0.3, -0.25) is 0 Å². The van der Waals surface area contributed by atoms with E-state index in [4.69, 9.17) is 11.6 Å². The summed E-state index contributed by atoms with van der Waals surface area (Å²) in [5.41, 5.74) is 3.13. The molecule has 1 aliphatic rings. The number of fused-ring (bicyclic) bond motifs is 1. The van der Waals surface area contributed by atoms with Gasteiger partial charge in [0.25, 0.3) is 0 Å². The van der Waals surface area contributed by atoms with Crippen molar-refractivity contribution in [3.05, 3.63) is 34.3 Å². The lowest BCUT2D eigenvalue weighted by atomic mass is 9.85. The minimum atomic E-state index is 0.270. The molecule has 1 aromatic rings. The van der Waals surface area contributed by atoms with Gasteiger partial charge in [-0.05, 0) is 48.4 Å². The van der Waals surface area contributed by atoms with Crippen LogP contribution in [0.2, 0.25) is 5.02 Å². The van der Waals surface area contributed by atoms with Crippen LogP contribution in [0.1, 0.15) is 70.5 Å². The van der Waals surface area contributed by atoms with Gasteiger partial charge in [0.15, 0.2) is 0 Å². The van der Waals surface area contributed by atoms with Crippen LogP contribution in [-0.2, 0) is 6.42 Å². The largest absolute Gasteiger partial charge is 0.307 e. The number of hydrogen-bond acceptors (Lipinski definition) is 1. The third kappa shape index (κ3) is 3.56. The van der Waals surface area contributed by atoms with E-state index in [9.17, 15) is 0 Å². The Kier molecular flexibility index (Phi) is 5.14. The first-order chi connectivity index (χ1) is 9.44. The van der Waals surface area contributed by atoms with Crippen LogP contribution in [0.15, 0.2) is 18.2 Å². The molecular formula is C18H28ClN. The normalized spacial score (nSPS) is 21.8. The lowest BCUT2D eigenvalue weighted by molar-refractivity contribution is 0.246. The zero-order valence-corrected chi connectivity index (χ0v) is 14.1. The van der Waals surface area contributed by atoms with Crippen molar-refractivity contribution < 1.29 is 0 Å². The van der Waals surface area contributed by atoms with Gasteiger partial charge in [-0.25, -0.2) is 0 Å². The molecule has 2 unspecified atom stereocenters. The second kappa shape index (κ2) is 6.49. The van der Waals surface area contributed by atoms with E-state index in [1.165, 1.54) is 36.8 Å². The fourth-order valence-electron chi connectivity index (χ4n) is 3.39. The topological polar surface area (TPSA) is 12.0 Å². The van der Waals surface area contributed by atoms with Crippen LogP contribution < -0.4 is 5.32 Å². The fraction of sp³-hybridized carbons (Fsp3) is 0.667. The van der Waals surface area contributed by atoms with E-state index in [-0.39, 0.29) is 5.41 Å². The summed E-state index contributed by atoms with van der Waals surface area (Å²) in [6, 6.07) is 7.36. The highest BCUT2D eigenvalue weighted by atomic mass is 35.5.